The van der Waals surface area contributed by atoms with Gasteiger partial charge >= 0.3 is 0 Å². The summed E-state index contributed by atoms with van der Waals surface area (Å²) in [6, 6.07) is 26.4. The molecule has 0 aliphatic carbocycles. The summed E-state index contributed by atoms with van der Waals surface area (Å²) >= 11 is 0. The summed E-state index contributed by atoms with van der Waals surface area (Å²) in [5.41, 5.74) is 3.88. The Hall–Kier alpha value is -2.92. The average molecular weight is 391 g/mol. The third kappa shape index (κ3) is 3.71. The van der Waals surface area contributed by atoms with Crippen LogP contribution in [0.3, 0.4) is 0 Å². The summed E-state index contributed by atoms with van der Waals surface area (Å²) in [6.45, 7) is 1.94. The fourth-order valence-electron chi connectivity index (χ4n) is 3.45. The smallest absolute Gasteiger partial charge is 0.200 e. The van der Waals surface area contributed by atoms with Gasteiger partial charge in [-0.05, 0) is 36.6 Å². The van der Waals surface area contributed by atoms with Crippen LogP contribution in [0, 0.1) is 6.92 Å². The molecule has 1 atom stereocenters. The number of hydrogen-bond acceptors (Lipinski definition) is 3. The number of hydrazone groups is 1. The van der Waals surface area contributed by atoms with Gasteiger partial charge in [-0.3, -0.25) is 0 Å². The Labute approximate surface area is 166 Å². The van der Waals surface area contributed by atoms with E-state index in [0.717, 1.165) is 22.4 Å². The molecule has 0 amide bonds. The third-order valence-corrected chi connectivity index (χ3v) is 6.69. The van der Waals surface area contributed by atoms with E-state index in [2.05, 4.69) is 5.10 Å². The monoisotopic (exact) mass is 390 g/mol. The predicted octanol–water partition coefficient (Wildman–Crippen LogP) is 4.41. The van der Waals surface area contributed by atoms with E-state index < -0.39 is 10.0 Å². The minimum atomic E-state index is -3.72. The van der Waals surface area contributed by atoms with Crippen LogP contribution in [0.25, 0.3) is 0 Å². The first-order valence-electron chi connectivity index (χ1n) is 9.32. The first-order valence-corrected chi connectivity index (χ1v) is 10.8. The van der Waals surface area contributed by atoms with Gasteiger partial charge in [0.05, 0.1) is 16.6 Å². The molecule has 0 N–H and O–H groups in total. The van der Waals surface area contributed by atoms with Crippen LogP contribution in [0.15, 0.2) is 94.9 Å². The van der Waals surface area contributed by atoms with E-state index >= 15 is 0 Å². The van der Waals surface area contributed by atoms with E-state index in [1.807, 2.05) is 79.7 Å². The Kier molecular flexibility index (Phi) is 5.01. The van der Waals surface area contributed by atoms with Crippen molar-refractivity contribution in [1.82, 2.24) is 4.41 Å². The zero-order chi connectivity index (χ0) is 19.6. The molecule has 0 radical (unpaired) electrons. The highest BCUT2D eigenvalue weighted by atomic mass is 32.2. The van der Waals surface area contributed by atoms with E-state index in [1.165, 1.54) is 4.41 Å². The molecule has 142 valence electrons. The molecule has 28 heavy (non-hydrogen) atoms. The lowest BCUT2D eigenvalue weighted by Crippen LogP contribution is -2.34. The van der Waals surface area contributed by atoms with Crippen LogP contribution >= 0.6 is 0 Å². The minimum Gasteiger partial charge on any atom is -0.200 e. The van der Waals surface area contributed by atoms with Crippen molar-refractivity contribution in [3.63, 3.8) is 0 Å². The van der Waals surface area contributed by atoms with Crippen molar-refractivity contribution in [1.29, 1.82) is 0 Å². The van der Waals surface area contributed by atoms with Gasteiger partial charge < -0.3 is 0 Å². The second-order valence-corrected chi connectivity index (χ2v) is 8.85. The van der Waals surface area contributed by atoms with Gasteiger partial charge in [0.2, 0.25) is 0 Å². The molecule has 0 spiro atoms. The van der Waals surface area contributed by atoms with E-state index in [4.69, 9.17) is 0 Å². The van der Waals surface area contributed by atoms with Crippen molar-refractivity contribution >= 4 is 15.7 Å². The zero-order valence-electron chi connectivity index (χ0n) is 15.7. The van der Waals surface area contributed by atoms with Crippen molar-refractivity contribution in [3.05, 3.63) is 102 Å². The molecule has 5 heteroatoms. The summed E-state index contributed by atoms with van der Waals surface area (Å²) in [6.07, 6.45) is 1.20. The van der Waals surface area contributed by atoms with Gasteiger partial charge in [0.15, 0.2) is 0 Å². The molecule has 0 saturated carbocycles. The topological polar surface area (TPSA) is 49.7 Å². The van der Waals surface area contributed by atoms with Crippen LogP contribution < -0.4 is 0 Å². The molecule has 0 unspecified atom stereocenters. The molecule has 1 aliphatic heterocycles. The largest absolute Gasteiger partial charge is 0.279 e. The molecular weight excluding hydrogens is 368 g/mol. The van der Waals surface area contributed by atoms with Crippen LogP contribution in [0.2, 0.25) is 0 Å². The van der Waals surface area contributed by atoms with Crippen LogP contribution in [-0.4, -0.2) is 24.6 Å². The summed E-state index contributed by atoms with van der Waals surface area (Å²) < 4.78 is 28.0. The highest BCUT2D eigenvalue weighted by Crippen LogP contribution is 2.29. The van der Waals surface area contributed by atoms with Gasteiger partial charge in [0.25, 0.3) is 10.0 Å². The Bertz CT molecular complexity index is 1080. The molecule has 0 fully saturated rings. The van der Waals surface area contributed by atoms with Crippen LogP contribution in [0.4, 0.5) is 0 Å². The van der Waals surface area contributed by atoms with Gasteiger partial charge in [0.1, 0.15) is 0 Å². The molecule has 4 nitrogen and oxygen atoms in total. The van der Waals surface area contributed by atoms with E-state index in [0.29, 0.717) is 12.8 Å². The van der Waals surface area contributed by atoms with E-state index in [1.54, 1.807) is 12.1 Å². The zero-order valence-corrected chi connectivity index (χ0v) is 16.5. The lowest BCUT2D eigenvalue weighted by Gasteiger charge is -2.23. The molecular formula is C23H22N2O2S. The van der Waals surface area contributed by atoms with Gasteiger partial charge in [-0.2, -0.15) is 17.9 Å². The minimum absolute atomic E-state index is 0.246. The van der Waals surface area contributed by atoms with Crippen molar-refractivity contribution in [2.75, 3.05) is 0 Å². The first-order chi connectivity index (χ1) is 13.5. The maximum Gasteiger partial charge on any atom is 0.279 e. The Morgan fingerprint density at radius 2 is 1.50 bits per heavy atom. The second kappa shape index (κ2) is 7.60. The lowest BCUT2D eigenvalue weighted by atomic mass is 9.99. The van der Waals surface area contributed by atoms with Gasteiger partial charge in [-0.15, -0.1) is 0 Å². The number of benzene rings is 3. The molecule has 3 aromatic rings. The third-order valence-electron chi connectivity index (χ3n) is 4.95. The SMILES string of the molecule is Cc1ccc(S(=O)(=O)N2N=C(c3ccccc3)C[C@@H]2Cc2ccccc2)cc1. The Balaban J connectivity index is 1.72. The second-order valence-electron chi connectivity index (χ2n) is 7.05. The van der Waals surface area contributed by atoms with Gasteiger partial charge in [0, 0.05) is 6.42 Å². The summed E-state index contributed by atoms with van der Waals surface area (Å²) in [7, 11) is -3.72. The standard InChI is InChI=1S/C23H22N2O2S/c1-18-12-14-22(15-13-18)28(26,27)25-21(16-19-8-4-2-5-9-19)17-23(24-25)20-10-6-3-7-11-20/h2-15,21H,16-17H2,1H3/t21-/m0/s1. The summed E-state index contributed by atoms with van der Waals surface area (Å²) in [4.78, 5) is 0.272. The first kappa shape index (κ1) is 18.4. The number of hydrogen-bond donors (Lipinski definition) is 0. The Morgan fingerprint density at radius 1 is 0.893 bits per heavy atom. The molecule has 4 rings (SSSR count). The normalized spacial score (nSPS) is 16.8. The summed E-state index contributed by atoms with van der Waals surface area (Å²) in [5, 5.41) is 4.57. The molecule has 0 saturated heterocycles. The Morgan fingerprint density at radius 3 is 2.14 bits per heavy atom. The fourth-order valence-corrected chi connectivity index (χ4v) is 4.90. The quantitative estimate of drug-likeness (QED) is 0.648. The predicted molar refractivity (Wildman–Crippen MR) is 112 cm³/mol. The molecule has 0 bridgehead atoms. The maximum atomic E-state index is 13.3. The molecule has 1 heterocycles. The van der Waals surface area contributed by atoms with Crippen LogP contribution in [-0.2, 0) is 16.4 Å². The van der Waals surface area contributed by atoms with Gasteiger partial charge in [-0.1, -0.05) is 78.4 Å². The highest BCUT2D eigenvalue weighted by molar-refractivity contribution is 7.89. The van der Waals surface area contributed by atoms with Crippen LogP contribution in [0.5, 0.6) is 0 Å². The number of nitrogens with zero attached hydrogens (tertiary/aromatic N) is 2. The fraction of sp³-hybridized carbons (Fsp3) is 0.174. The van der Waals surface area contributed by atoms with Gasteiger partial charge in [-0.25, -0.2) is 0 Å². The highest BCUT2D eigenvalue weighted by Gasteiger charge is 2.36. The van der Waals surface area contributed by atoms with Crippen LogP contribution in [0.1, 0.15) is 23.1 Å². The number of rotatable bonds is 5. The van der Waals surface area contributed by atoms with Crippen molar-refractivity contribution in [2.24, 2.45) is 5.10 Å². The maximum absolute atomic E-state index is 13.3. The van der Waals surface area contributed by atoms with E-state index in [-0.39, 0.29) is 10.9 Å². The lowest BCUT2D eigenvalue weighted by molar-refractivity contribution is 0.361. The number of aryl methyl sites for hydroxylation is 1. The molecule has 1 aliphatic rings. The molecule has 0 aromatic heterocycles. The number of sulfonamides is 1. The average Bonchev–Trinajstić information content (AvgIpc) is 3.14. The van der Waals surface area contributed by atoms with Crippen molar-refractivity contribution in [2.45, 2.75) is 30.7 Å². The van der Waals surface area contributed by atoms with Crippen molar-refractivity contribution < 1.29 is 8.42 Å². The van der Waals surface area contributed by atoms with Crippen molar-refractivity contribution in [3.8, 4) is 0 Å². The molecule has 3 aromatic carbocycles. The van der Waals surface area contributed by atoms with E-state index in [9.17, 15) is 8.42 Å². The summed E-state index contributed by atoms with van der Waals surface area (Å²) in [5.74, 6) is 0.